The zero-order valence-electron chi connectivity index (χ0n) is 14.4. The third-order valence-electron chi connectivity index (χ3n) is 3.46. The first kappa shape index (κ1) is 19.1. The van der Waals surface area contributed by atoms with E-state index in [0.717, 1.165) is 11.1 Å². The lowest BCUT2D eigenvalue weighted by molar-refractivity contribution is -0.645. The van der Waals surface area contributed by atoms with Crippen LogP contribution >= 0.6 is 11.3 Å². The fourth-order valence-corrected chi connectivity index (χ4v) is 3.27. The fraction of sp³-hybridized carbons (Fsp3) is 0.333. The van der Waals surface area contributed by atoms with Crippen molar-refractivity contribution in [1.82, 2.24) is 0 Å². The van der Waals surface area contributed by atoms with Crippen LogP contribution in [0.5, 0.6) is 0 Å². The number of amides is 1. The predicted molar refractivity (Wildman–Crippen MR) is 97.9 cm³/mol. The third-order valence-corrected chi connectivity index (χ3v) is 4.36. The molecule has 0 saturated carbocycles. The van der Waals surface area contributed by atoms with Crippen molar-refractivity contribution in [3.8, 4) is 11.1 Å². The van der Waals surface area contributed by atoms with E-state index in [4.69, 9.17) is 9.47 Å². The van der Waals surface area contributed by atoms with Crippen molar-refractivity contribution in [2.75, 3.05) is 38.7 Å². The van der Waals surface area contributed by atoms with Crippen molar-refractivity contribution >= 4 is 28.2 Å². The second-order valence-corrected chi connectivity index (χ2v) is 6.14. The molecular weight excluding hydrogens is 340 g/mol. The molecule has 0 aliphatic rings. The second kappa shape index (κ2) is 9.93. The Balaban J connectivity index is 2.19. The van der Waals surface area contributed by atoms with E-state index in [1.54, 1.807) is 14.0 Å². The molecule has 25 heavy (non-hydrogen) atoms. The number of nitrogens with two attached hydrogens (primary N) is 1. The molecule has 0 saturated heterocycles. The highest BCUT2D eigenvalue weighted by Crippen LogP contribution is 2.36. The molecule has 2 aromatic rings. The van der Waals surface area contributed by atoms with Gasteiger partial charge >= 0.3 is 5.97 Å². The van der Waals surface area contributed by atoms with Crippen molar-refractivity contribution in [2.24, 2.45) is 0 Å². The van der Waals surface area contributed by atoms with Gasteiger partial charge in [-0.25, -0.2) is 4.79 Å². The van der Waals surface area contributed by atoms with Crippen LogP contribution < -0.4 is 10.6 Å². The molecular formula is C18H23N2O4S+. The van der Waals surface area contributed by atoms with Gasteiger partial charge in [0, 0.05) is 18.1 Å². The Morgan fingerprint density at radius 2 is 2.00 bits per heavy atom. The van der Waals surface area contributed by atoms with E-state index in [-0.39, 0.29) is 19.1 Å². The lowest BCUT2D eigenvalue weighted by atomic mass is 10.0. The number of ether oxygens (including phenoxy) is 2. The van der Waals surface area contributed by atoms with E-state index < -0.39 is 5.97 Å². The second-order valence-electron chi connectivity index (χ2n) is 5.26. The molecule has 0 fully saturated rings. The Morgan fingerprint density at radius 3 is 2.68 bits per heavy atom. The van der Waals surface area contributed by atoms with Crippen LogP contribution in [0.15, 0.2) is 35.7 Å². The molecule has 0 unspecified atom stereocenters. The average Bonchev–Trinajstić information content (AvgIpc) is 3.03. The molecule has 6 nitrogen and oxygen atoms in total. The van der Waals surface area contributed by atoms with Crippen LogP contribution in [-0.4, -0.2) is 45.3 Å². The van der Waals surface area contributed by atoms with Crippen molar-refractivity contribution in [3.05, 3.63) is 41.3 Å². The van der Waals surface area contributed by atoms with Crippen molar-refractivity contribution < 1.29 is 24.4 Å². The molecule has 7 heteroatoms. The first-order valence-electron chi connectivity index (χ1n) is 8.11. The largest absolute Gasteiger partial charge is 0.462 e. The Labute approximate surface area is 151 Å². The van der Waals surface area contributed by atoms with Crippen molar-refractivity contribution in [3.63, 3.8) is 0 Å². The number of methoxy groups -OCH3 is 1. The van der Waals surface area contributed by atoms with Crippen molar-refractivity contribution in [2.45, 2.75) is 6.92 Å². The molecule has 134 valence electrons. The van der Waals surface area contributed by atoms with Crippen LogP contribution in [0.25, 0.3) is 11.1 Å². The predicted octanol–water partition coefficient (Wildman–Crippen LogP) is 1.74. The Morgan fingerprint density at radius 1 is 1.24 bits per heavy atom. The summed E-state index contributed by atoms with van der Waals surface area (Å²) in [6.45, 7) is 3.59. The highest BCUT2D eigenvalue weighted by Gasteiger charge is 2.22. The molecule has 0 atom stereocenters. The van der Waals surface area contributed by atoms with E-state index in [1.807, 2.05) is 41.0 Å². The fourth-order valence-electron chi connectivity index (χ4n) is 2.30. The maximum Gasteiger partial charge on any atom is 0.341 e. The quantitative estimate of drug-likeness (QED) is 0.525. The standard InChI is InChI=1S/C18H22N2O4S/c1-3-24-18(22)16-14(13-7-5-4-6-8-13)12-25-17(16)20-15(21)11-19-9-10-23-2/h4-8,12,19H,3,9-11H2,1-2H3,(H,20,21)/p+1. The van der Waals surface area contributed by atoms with Crippen LogP contribution in [0.3, 0.4) is 0 Å². The molecule has 0 spiro atoms. The molecule has 3 N–H and O–H groups in total. The van der Waals surface area contributed by atoms with Gasteiger partial charge in [0.15, 0.2) is 6.54 Å². The van der Waals surface area contributed by atoms with Gasteiger partial charge in [0.25, 0.3) is 5.91 Å². The molecule has 0 radical (unpaired) electrons. The lowest BCUT2D eigenvalue weighted by Crippen LogP contribution is -2.87. The molecule has 0 aliphatic heterocycles. The first-order valence-corrected chi connectivity index (χ1v) is 8.99. The van der Waals surface area contributed by atoms with E-state index in [2.05, 4.69) is 5.32 Å². The van der Waals surface area contributed by atoms with Gasteiger partial charge in [-0.05, 0) is 12.5 Å². The number of benzene rings is 1. The first-order chi connectivity index (χ1) is 12.2. The number of anilines is 1. The Bertz CT molecular complexity index is 700. The van der Waals surface area contributed by atoms with E-state index >= 15 is 0 Å². The summed E-state index contributed by atoms with van der Waals surface area (Å²) in [6.07, 6.45) is 0. The number of carbonyl (C=O) groups excluding carboxylic acids is 2. The zero-order chi connectivity index (χ0) is 18.1. The summed E-state index contributed by atoms with van der Waals surface area (Å²) in [7, 11) is 1.62. The monoisotopic (exact) mass is 363 g/mol. The number of carbonyl (C=O) groups is 2. The molecule has 1 amide bonds. The highest BCUT2D eigenvalue weighted by atomic mass is 32.1. The number of thiophene rings is 1. The summed E-state index contributed by atoms with van der Waals surface area (Å²) in [5.41, 5.74) is 2.08. The van der Waals surface area contributed by atoms with Crippen LogP contribution in [0, 0.1) is 0 Å². The van der Waals surface area contributed by atoms with Crippen LogP contribution in [-0.2, 0) is 14.3 Å². The molecule has 1 aromatic carbocycles. The van der Waals surface area contributed by atoms with E-state index in [0.29, 0.717) is 23.7 Å². The number of rotatable bonds is 9. The van der Waals surface area contributed by atoms with Crippen molar-refractivity contribution in [1.29, 1.82) is 0 Å². The molecule has 0 aliphatic carbocycles. The number of hydrogen-bond acceptors (Lipinski definition) is 5. The summed E-state index contributed by atoms with van der Waals surface area (Å²) >= 11 is 1.33. The van der Waals surface area contributed by atoms with Crippen LogP contribution in [0.4, 0.5) is 5.00 Å². The minimum atomic E-state index is -0.429. The average molecular weight is 363 g/mol. The highest BCUT2D eigenvalue weighted by molar-refractivity contribution is 7.15. The minimum absolute atomic E-state index is 0.164. The molecule has 0 bridgehead atoms. The molecule has 1 heterocycles. The van der Waals surface area contributed by atoms with Gasteiger partial charge in [-0.2, -0.15) is 0 Å². The van der Waals surface area contributed by atoms with Crippen LogP contribution in [0.2, 0.25) is 0 Å². The Hall–Kier alpha value is -2.22. The number of hydrogen-bond donors (Lipinski definition) is 2. The summed E-state index contributed by atoms with van der Waals surface area (Å²) in [5.74, 6) is -0.593. The van der Waals surface area contributed by atoms with Gasteiger partial charge < -0.3 is 20.1 Å². The Kier molecular flexibility index (Phi) is 7.59. The van der Waals surface area contributed by atoms with E-state index in [9.17, 15) is 9.59 Å². The SMILES string of the molecule is CCOC(=O)c1c(-c2ccccc2)csc1NC(=O)C[NH2+]CCOC. The van der Waals surface area contributed by atoms with Gasteiger partial charge in [0.1, 0.15) is 10.6 Å². The zero-order valence-corrected chi connectivity index (χ0v) is 15.2. The minimum Gasteiger partial charge on any atom is -0.462 e. The third kappa shape index (κ3) is 5.38. The van der Waals surface area contributed by atoms with Gasteiger partial charge in [0.2, 0.25) is 0 Å². The molecule has 2 rings (SSSR count). The summed E-state index contributed by atoms with van der Waals surface area (Å²) in [5, 5.41) is 7.06. The number of quaternary nitrogens is 1. The molecule has 1 aromatic heterocycles. The maximum absolute atomic E-state index is 12.4. The van der Waals surface area contributed by atoms with Crippen LogP contribution in [0.1, 0.15) is 17.3 Å². The van der Waals surface area contributed by atoms with E-state index in [1.165, 1.54) is 11.3 Å². The normalized spacial score (nSPS) is 10.5. The number of esters is 1. The lowest BCUT2D eigenvalue weighted by Gasteiger charge is -2.08. The van der Waals surface area contributed by atoms with Gasteiger partial charge in [-0.1, -0.05) is 30.3 Å². The summed E-state index contributed by atoms with van der Waals surface area (Å²) in [6, 6.07) is 9.58. The number of nitrogens with one attached hydrogen (secondary N) is 1. The van der Waals surface area contributed by atoms with Gasteiger partial charge in [-0.15, -0.1) is 11.3 Å². The summed E-state index contributed by atoms with van der Waals surface area (Å²) in [4.78, 5) is 24.5. The van der Waals surface area contributed by atoms with Gasteiger partial charge in [0.05, 0.1) is 19.8 Å². The topological polar surface area (TPSA) is 81.2 Å². The van der Waals surface area contributed by atoms with Gasteiger partial charge in [-0.3, -0.25) is 4.79 Å². The smallest absolute Gasteiger partial charge is 0.341 e. The maximum atomic E-state index is 12.4. The summed E-state index contributed by atoms with van der Waals surface area (Å²) < 4.78 is 10.1.